The summed E-state index contributed by atoms with van der Waals surface area (Å²) in [6.07, 6.45) is 1.37. The van der Waals surface area contributed by atoms with Crippen molar-refractivity contribution < 1.29 is 4.79 Å². The standard InChI is InChI=1S/C17H21ClN4O/c1-10(2)8-19-17(23)14-7-15(21-9-20-14)22-16-12(4)5-11(3)6-13(16)18/h5-7,9-10H,8H2,1-4H3,(H,19,23)(H,20,21,22). The van der Waals surface area contributed by atoms with Crippen LogP contribution in [0.4, 0.5) is 11.5 Å². The number of benzene rings is 1. The number of amides is 1. The molecule has 23 heavy (non-hydrogen) atoms. The molecule has 0 saturated heterocycles. The molecule has 2 N–H and O–H groups in total. The lowest BCUT2D eigenvalue weighted by Gasteiger charge is -2.12. The molecule has 0 atom stereocenters. The number of hydrogen-bond donors (Lipinski definition) is 2. The highest BCUT2D eigenvalue weighted by atomic mass is 35.5. The minimum Gasteiger partial charge on any atom is -0.350 e. The summed E-state index contributed by atoms with van der Waals surface area (Å²) in [5.74, 6) is 0.701. The van der Waals surface area contributed by atoms with Crippen molar-refractivity contribution in [3.8, 4) is 0 Å². The molecular formula is C17H21ClN4O. The Balaban J connectivity index is 2.19. The van der Waals surface area contributed by atoms with Crippen LogP contribution in [0.25, 0.3) is 0 Å². The molecule has 0 fully saturated rings. The number of hydrogen-bond acceptors (Lipinski definition) is 4. The average molecular weight is 333 g/mol. The summed E-state index contributed by atoms with van der Waals surface area (Å²) in [7, 11) is 0. The number of nitrogens with one attached hydrogen (secondary N) is 2. The maximum Gasteiger partial charge on any atom is 0.270 e. The van der Waals surface area contributed by atoms with Crippen LogP contribution in [-0.2, 0) is 0 Å². The van der Waals surface area contributed by atoms with Gasteiger partial charge < -0.3 is 10.6 Å². The molecule has 0 bridgehead atoms. The molecule has 1 heterocycles. The van der Waals surface area contributed by atoms with Gasteiger partial charge in [-0.3, -0.25) is 4.79 Å². The van der Waals surface area contributed by atoms with Gasteiger partial charge in [0, 0.05) is 12.6 Å². The summed E-state index contributed by atoms with van der Waals surface area (Å²) in [5.41, 5.74) is 3.21. The molecule has 0 unspecified atom stereocenters. The number of halogens is 1. The molecule has 122 valence electrons. The molecule has 2 aromatic rings. The molecule has 1 amide bonds. The van der Waals surface area contributed by atoms with Crippen molar-refractivity contribution >= 4 is 29.0 Å². The van der Waals surface area contributed by atoms with Crippen LogP contribution in [0.5, 0.6) is 0 Å². The second kappa shape index (κ2) is 7.42. The summed E-state index contributed by atoms with van der Waals surface area (Å²) in [5, 5.41) is 6.62. The fourth-order valence-corrected chi connectivity index (χ4v) is 2.51. The highest BCUT2D eigenvalue weighted by Gasteiger charge is 2.11. The van der Waals surface area contributed by atoms with E-state index in [1.807, 2.05) is 39.8 Å². The van der Waals surface area contributed by atoms with Crippen LogP contribution >= 0.6 is 11.6 Å². The van der Waals surface area contributed by atoms with Crippen LogP contribution < -0.4 is 10.6 Å². The number of anilines is 2. The van der Waals surface area contributed by atoms with Gasteiger partial charge in [0.15, 0.2) is 0 Å². The molecule has 2 rings (SSSR count). The Hall–Kier alpha value is -2.14. The maximum atomic E-state index is 12.1. The Morgan fingerprint density at radius 3 is 2.61 bits per heavy atom. The van der Waals surface area contributed by atoms with Crippen molar-refractivity contribution in [2.75, 3.05) is 11.9 Å². The van der Waals surface area contributed by atoms with Crippen LogP contribution in [0.3, 0.4) is 0 Å². The Kier molecular flexibility index (Phi) is 5.55. The topological polar surface area (TPSA) is 66.9 Å². The Morgan fingerprint density at radius 2 is 1.96 bits per heavy atom. The number of carbonyl (C=O) groups excluding carboxylic acids is 1. The quantitative estimate of drug-likeness (QED) is 0.872. The van der Waals surface area contributed by atoms with Crippen molar-refractivity contribution in [1.82, 2.24) is 15.3 Å². The highest BCUT2D eigenvalue weighted by molar-refractivity contribution is 6.33. The van der Waals surface area contributed by atoms with Crippen LogP contribution in [0.2, 0.25) is 5.02 Å². The molecule has 1 aromatic heterocycles. The van der Waals surface area contributed by atoms with Crippen LogP contribution in [-0.4, -0.2) is 22.4 Å². The van der Waals surface area contributed by atoms with E-state index < -0.39 is 0 Å². The van der Waals surface area contributed by atoms with Crippen LogP contribution in [0.15, 0.2) is 24.5 Å². The zero-order valence-electron chi connectivity index (χ0n) is 13.8. The van der Waals surface area contributed by atoms with Crippen molar-refractivity contribution in [3.63, 3.8) is 0 Å². The smallest absolute Gasteiger partial charge is 0.270 e. The fraction of sp³-hybridized carbons (Fsp3) is 0.353. The van der Waals surface area contributed by atoms with E-state index in [9.17, 15) is 4.79 Å². The average Bonchev–Trinajstić information content (AvgIpc) is 2.48. The van der Waals surface area contributed by atoms with E-state index in [2.05, 4.69) is 20.6 Å². The molecule has 0 aliphatic rings. The summed E-state index contributed by atoms with van der Waals surface area (Å²) in [4.78, 5) is 20.3. The predicted molar refractivity (Wildman–Crippen MR) is 93.4 cm³/mol. The minimum absolute atomic E-state index is 0.212. The van der Waals surface area contributed by atoms with E-state index in [1.54, 1.807) is 6.07 Å². The van der Waals surface area contributed by atoms with Gasteiger partial charge in [0.05, 0.1) is 10.7 Å². The lowest BCUT2D eigenvalue weighted by molar-refractivity contribution is 0.0944. The first-order valence-corrected chi connectivity index (χ1v) is 7.88. The monoisotopic (exact) mass is 332 g/mol. The third-order valence-corrected chi connectivity index (χ3v) is 3.55. The summed E-state index contributed by atoms with van der Waals surface area (Å²) < 4.78 is 0. The van der Waals surface area contributed by atoms with E-state index in [0.29, 0.717) is 29.0 Å². The van der Waals surface area contributed by atoms with E-state index in [-0.39, 0.29) is 5.91 Å². The number of aromatic nitrogens is 2. The van der Waals surface area contributed by atoms with E-state index in [1.165, 1.54) is 6.33 Å². The third-order valence-electron chi connectivity index (χ3n) is 3.26. The van der Waals surface area contributed by atoms with Crippen LogP contribution in [0, 0.1) is 19.8 Å². The van der Waals surface area contributed by atoms with E-state index in [4.69, 9.17) is 11.6 Å². The SMILES string of the molecule is Cc1cc(C)c(Nc2cc(C(=O)NCC(C)C)ncn2)c(Cl)c1. The summed E-state index contributed by atoms with van der Waals surface area (Å²) in [6, 6.07) is 5.53. The molecular weight excluding hydrogens is 312 g/mol. The summed E-state index contributed by atoms with van der Waals surface area (Å²) in [6.45, 7) is 8.64. The van der Waals surface area contributed by atoms with Gasteiger partial charge in [-0.05, 0) is 37.0 Å². The number of aryl methyl sites for hydroxylation is 2. The zero-order valence-corrected chi connectivity index (χ0v) is 14.5. The first-order chi connectivity index (χ1) is 10.9. The molecule has 1 aromatic carbocycles. The zero-order chi connectivity index (χ0) is 17.0. The van der Waals surface area contributed by atoms with Crippen molar-refractivity contribution in [2.24, 2.45) is 5.92 Å². The van der Waals surface area contributed by atoms with Gasteiger partial charge in [0.25, 0.3) is 5.91 Å². The van der Waals surface area contributed by atoms with Gasteiger partial charge in [-0.25, -0.2) is 9.97 Å². The normalized spacial score (nSPS) is 10.7. The molecule has 0 spiro atoms. The van der Waals surface area contributed by atoms with E-state index >= 15 is 0 Å². The predicted octanol–water partition coefficient (Wildman–Crippen LogP) is 3.88. The molecule has 5 nitrogen and oxygen atoms in total. The van der Waals surface area contributed by atoms with Gasteiger partial charge in [0.2, 0.25) is 0 Å². The minimum atomic E-state index is -0.212. The van der Waals surface area contributed by atoms with Gasteiger partial charge >= 0.3 is 0 Å². The first-order valence-electron chi connectivity index (χ1n) is 7.51. The first kappa shape index (κ1) is 17.2. The Bertz CT molecular complexity index is 692. The Morgan fingerprint density at radius 1 is 1.22 bits per heavy atom. The van der Waals surface area contributed by atoms with Crippen molar-refractivity contribution in [1.29, 1.82) is 0 Å². The molecule has 0 aliphatic carbocycles. The van der Waals surface area contributed by atoms with Crippen molar-refractivity contribution in [3.05, 3.63) is 46.4 Å². The third kappa shape index (κ3) is 4.66. The second-order valence-electron chi connectivity index (χ2n) is 5.96. The molecule has 0 saturated carbocycles. The summed E-state index contributed by atoms with van der Waals surface area (Å²) >= 11 is 6.29. The lowest BCUT2D eigenvalue weighted by Crippen LogP contribution is -2.28. The lowest BCUT2D eigenvalue weighted by atomic mass is 10.1. The number of rotatable bonds is 5. The largest absolute Gasteiger partial charge is 0.350 e. The molecule has 0 radical (unpaired) electrons. The number of carbonyl (C=O) groups is 1. The maximum absolute atomic E-state index is 12.1. The van der Waals surface area contributed by atoms with Crippen molar-refractivity contribution in [2.45, 2.75) is 27.7 Å². The van der Waals surface area contributed by atoms with Gasteiger partial charge in [-0.15, -0.1) is 0 Å². The molecule has 0 aliphatic heterocycles. The highest BCUT2D eigenvalue weighted by Crippen LogP contribution is 2.29. The second-order valence-corrected chi connectivity index (χ2v) is 6.36. The molecule has 6 heteroatoms. The van der Waals surface area contributed by atoms with Crippen LogP contribution in [0.1, 0.15) is 35.5 Å². The fourth-order valence-electron chi connectivity index (χ4n) is 2.14. The Labute approximate surface area is 141 Å². The number of nitrogens with zero attached hydrogens (tertiary/aromatic N) is 2. The van der Waals surface area contributed by atoms with E-state index in [0.717, 1.165) is 16.8 Å². The van der Waals surface area contributed by atoms with Gasteiger partial charge in [-0.2, -0.15) is 0 Å². The van der Waals surface area contributed by atoms with Gasteiger partial charge in [0.1, 0.15) is 17.8 Å². The van der Waals surface area contributed by atoms with Gasteiger partial charge in [-0.1, -0.05) is 31.5 Å².